The van der Waals surface area contributed by atoms with E-state index in [1.54, 1.807) is 7.11 Å². The third-order valence-electron chi connectivity index (χ3n) is 3.90. The fourth-order valence-corrected chi connectivity index (χ4v) is 2.50. The SMILES string of the molecule is COC1(CNC(=O)C2NCCC2C)CCOC1. The molecule has 2 aliphatic rings. The fraction of sp³-hybridized carbons (Fsp3) is 0.917. The Morgan fingerprint density at radius 2 is 2.47 bits per heavy atom. The van der Waals surface area contributed by atoms with Crippen molar-refractivity contribution in [1.82, 2.24) is 10.6 Å². The zero-order valence-electron chi connectivity index (χ0n) is 10.6. The van der Waals surface area contributed by atoms with Crippen LogP contribution < -0.4 is 10.6 Å². The van der Waals surface area contributed by atoms with Crippen LogP contribution in [0.4, 0.5) is 0 Å². The molecule has 2 heterocycles. The van der Waals surface area contributed by atoms with E-state index in [0.717, 1.165) is 19.4 Å². The number of hydrogen-bond donors (Lipinski definition) is 2. The highest BCUT2D eigenvalue weighted by molar-refractivity contribution is 5.82. The van der Waals surface area contributed by atoms with Crippen LogP contribution in [0.2, 0.25) is 0 Å². The molecule has 2 fully saturated rings. The maximum atomic E-state index is 12.0. The average molecular weight is 242 g/mol. The lowest BCUT2D eigenvalue weighted by Crippen LogP contribution is -2.50. The third-order valence-corrected chi connectivity index (χ3v) is 3.90. The fourth-order valence-electron chi connectivity index (χ4n) is 2.50. The van der Waals surface area contributed by atoms with Crippen molar-refractivity contribution < 1.29 is 14.3 Å². The minimum atomic E-state index is -0.322. The molecule has 98 valence electrons. The summed E-state index contributed by atoms with van der Waals surface area (Å²) in [5.74, 6) is 0.492. The van der Waals surface area contributed by atoms with Crippen molar-refractivity contribution in [2.24, 2.45) is 5.92 Å². The predicted octanol–water partition coefficient (Wildman–Crippen LogP) is -0.0939. The maximum Gasteiger partial charge on any atom is 0.237 e. The van der Waals surface area contributed by atoms with Gasteiger partial charge in [-0.15, -0.1) is 0 Å². The number of methoxy groups -OCH3 is 1. The molecule has 17 heavy (non-hydrogen) atoms. The third kappa shape index (κ3) is 2.78. The van der Waals surface area contributed by atoms with Crippen LogP contribution >= 0.6 is 0 Å². The highest BCUT2D eigenvalue weighted by Crippen LogP contribution is 2.22. The van der Waals surface area contributed by atoms with E-state index in [2.05, 4.69) is 17.6 Å². The van der Waals surface area contributed by atoms with E-state index in [1.165, 1.54) is 0 Å². The first-order valence-corrected chi connectivity index (χ1v) is 6.31. The number of ether oxygens (including phenoxy) is 2. The average Bonchev–Trinajstić information content (AvgIpc) is 2.95. The normalized spacial score (nSPS) is 37.3. The van der Waals surface area contributed by atoms with Gasteiger partial charge in [0.15, 0.2) is 0 Å². The second-order valence-electron chi connectivity index (χ2n) is 5.11. The molecule has 2 saturated heterocycles. The van der Waals surface area contributed by atoms with E-state index >= 15 is 0 Å². The lowest BCUT2D eigenvalue weighted by molar-refractivity contribution is -0.125. The molecule has 0 aromatic carbocycles. The van der Waals surface area contributed by atoms with Crippen molar-refractivity contribution in [2.45, 2.75) is 31.4 Å². The van der Waals surface area contributed by atoms with Crippen LogP contribution in [0.5, 0.6) is 0 Å². The molecule has 0 bridgehead atoms. The van der Waals surface area contributed by atoms with Gasteiger partial charge >= 0.3 is 0 Å². The first kappa shape index (κ1) is 12.8. The van der Waals surface area contributed by atoms with Gasteiger partial charge in [-0.05, 0) is 18.9 Å². The van der Waals surface area contributed by atoms with Crippen LogP contribution in [0.3, 0.4) is 0 Å². The van der Waals surface area contributed by atoms with E-state index in [0.29, 0.717) is 25.7 Å². The summed E-state index contributed by atoms with van der Waals surface area (Å²) in [6.45, 7) is 4.85. The predicted molar refractivity (Wildman–Crippen MR) is 63.8 cm³/mol. The summed E-state index contributed by atoms with van der Waals surface area (Å²) < 4.78 is 10.8. The topological polar surface area (TPSA) is 59.6 Å². The Bertz CT molecular complexity index is 277. The molecular formula is C12H22N2O3. The summed E-state index contributed by atoms with van der Waals surface area (Å²) in [7, 11) is 1.68. The molecule has 2 N–H and O–H groups in total. The molecular weight excluding hydrogens is 220 g/mol. The largest absolute Gasteiger partial charge is 0.378 e. The molecule has 0 aromatic rings. The standard InChI is InChI=1S/C12H22N2O3/c1-9-3-5-13-10(9)11(15)14-7-12(16-2)4-6-17-8-12/h9-10,13H,3-8H2,1-2H3,(H,14,15). The van der Waals surface area contributed by atoms with Crippen molar-refractivity contribution in [2.75, 3.05) is 33.4 Å². The number of amides is 1. The summed E-state index contributed by atoms with van der Waals surface area (Å²) in [6, 6.07) is -0.0498. The summed E-state index contributed by atoms with van der Waals surface area (Å²) in [5.41, 5.74) is -0.322. The van der Waals surface area contributed by atoms with Crippen molar-refractivity contribution in [3.8, 4) is 0 Å². The smallest absolute Gasteiger partial charge is 0.237 e. The number of hydrogen-bond acceptors (Lipinski definition) is 4. The van der Waals surface area contributed by atoms with Crippen LogP contribution in [0.25, 0.3) is 0 Å². The van der Waals surface area contributed by atoms with Gasteiger partial charge in [-0.2, -0.15) is 0 Å². The quantitative estimate of drug-likeness (QED) is 0.723. The first-order valence-electron chi connectivity index (χ1n) is 6.31. The number of nitrogens with one attached hydrogen (secondary N) is 2. The Labute approximate surface area is 102 Å². The molecule has 0 saturated carbocycles. The van der Waals surface area contributed by atoms with Gasteiger partial charge in [-0.25, -0.2) is 0 Å². The molecule has 3 atom stereocenters. The molecule has 1 amide bonds. The second-order valence-corrected chi connectivity index (χ2v) is 5.11. The molecule has 0 aromatic heterocycles. The van der Waals surface area contributed by atoms with Gasteiger partial charge in [-0.3, -0.25) is 4.79 Å². The van der Waals surface area contributed by atoms with Crippen LogP contribution in [0, 0.1) is 5.92 Å². The van der Waals surface area contributed by atoms with Crippen LogP contribution in [-0.2, 0) is 14.3 Å². The minimum Gasteiger partial charge on any atom is -0.378 e. The van der Waals surface area contributed by atoms with Gasteiger partial charge in [0, 0.05) is 26.7 Å². The van der Waals surface area contributed by atoms with Crippen molar-refractivity contribution in [3.63, 3.8) is 0 Å². The number of carbonyl (C=O) groups excluding carboxylic acids is 1. The Balaban J connectivity index is 1.82. The zero-order valence-corrected chi connectivity index (χ0v) is 10.6. The van der Waals surface area contributed by atoms with Crippen molar-refractivity contribution in [3.05, 3.63) is 0 Å². The van der Waals surface area contributed by atoms with Gasteiger partial charge in [0.2, 0.25) is 5.91 Å². The maximum absolute atomic E-state index is 12.0. The number of carbonyl (C=O) groups is 1. The Morgan fingerprint density at radius 1 is 1.65 bits per heavy atom. The molecule has 2 aliphatic heterocycles. The molecule has 2 rings (SSSR count). The van der Waals surface area contributed by atoms with Crippen molar-refractivity contribution in [1.29, 1.82) is 0 Å². The second kappa shape index (κ2) is 5.33. The Morgan fingerprint density at radius 3 is 3.00 bits per heavy atom. The molecule has 0 aliphatic carbocycles. The highest BCUT2D eigenvalue weighted by atomic mass is 16.5. The molecule has 5 nitrogen and oxygen atoms in total. The van der Waals surface area contributed by atoms with Crippen LogP contribution in [0.1, 0.15) is 19.8 Å². The van der Waals surface area contributed by atoms with E-state index in [4.69, 9.17) is 9.47 Å². The molecule has 0 spiro atoms. The molecule has 0 radical (unpaired) electrons. The van der Waals surface area contributed by atoms with Crippen LogP contribution in [-0.4, -0.2) is 51.0 Å². The summed E-state index contributed by atoms with van der Waals surface area (Å²) in [6.07, 6.45) is 1.91. The minimum absolute atomic E-state index is 0.0498. The van der Waals surface area contributed by atoms with Crippen LogP contribution in [0.15, 0.2) is 0 Å². The molecule has 3 unspecified atom stereocenters. The Kier molecular flexibility index (Phi) is 4.01. The summed E-state index contributed by atoms with van der Waals surface area (Å²) in [4.78, 5) is 12.0. The van der Waals surface area contributed by atoms with Gasteiger partial charge in [0.05, 0.1) is 12.6 Å². The Hall–Kier alpha value is -0.650. The van der Waals surface area contributed by atoms with E-state index in [-0.39, 0.29) is 17.6 Å². The first-order chi connectivity index (χ1) is 8.17. The lowest BCUT2D eigenvalue weighted by Gasteiger charge is -2.27. The highest BCUT2D eigenvalue weighted by Gasteiger charge is 2.37. The van der Waals surface area contributed by atoms with E-state index in [9.17, 15) is 4.79 Å². The van der Waals surface area contributed by atoms with Crippen molar-refractivity contribution >= 4 is 5.91 Å². The van der Waals surface area contributed by atoms with Gasteiger partial charge in [0.1, 0.15) is 5.60 Å². The monoisotopic (exact) mass is 242 g/mol. The van der Waals surface area contributed by atoms with Gasteiger partial charge < -0.3 is 20.1 Å². The molecule has 5 heteroatoms. The lowest BCUT2D eigenvalue weighted by atomic mass is 10.0. The zero-order chi connectivity index (χ0) is 12.3. The number of rotatable bonds is 4. The van der Waals surface area contributed by atoms with Gasteiger partial charge in [-0.1, -0.05) is 6.92 Å². The summed E-state index contributed by atoms with van der Waals surface area (Å²) >= 11 is 0. The van der Waals surface area contributed by atoms with E-state index in [1.807, 2.05) is 0 Å². The van der Waals surface area contributed by atoms with E-state index < -0.39 is 0 Å². The van der Waals surface area contributed by atoms with Gasteiger partial charge in [0.25, 0.3) is 0 Å². The summed E-state index contributed by atoms with van der Waals surface area (Å²) in [5, 5.41) is 6.21.